The minimum atomic E-state index is -4.34. The van der Waals surface area contributed by atoms with Crippen LogP contribution < -0.4 is 9.64 Å². The third kappa shape index (κ3) is 5.29. The molecule has 3 aromatic carbocycles. The number of alkyl halides is 3. The third-order valence-corrected chi connectivity index (χ3v) is 5.56. The summed E-state index contributed by atoms with van der Waals surface area (Å²) < 4.78 is 44.7. The SMILES string of the molecule is OC(COc1cccc2ccccc12)CN1CCN(c2cccc(C(F)(F)F)c2)CC1. The average Bonchev–Trinajstić information content (AvgIpc) is 2.78. The number of aliphatic hydroxyl groups is 1. The Morgan fingerprint density at radius 2 is 1.61 bits per heavy atom. The molecule has 0 radical (unpaired) electrons. The van der Waals surface area contributed by atoms with Gasteiger partial charge >= 0.3 is 6.18 Å². The molecule has 164 valence electrons. The first-order chi connectivity index (χ1) is 14.9. The van der Waals surface area contributed by atoms with Crippen LogP contribution in [0.1, 0.15) is 5.56 Å². The molecule has 0 bridgehead atoms. The van der Waals surface area contributed by atoms with Gasteiger partial charge in [0.15, 0.2) is 0 Å². The molecule has 1 unspecified atom stereocenters. The summed E-state index contributed by atoms with van der Waals surface area (Å²) in [6.07, 6.45) is -4.99. The van der Waals surface area contributed by atoms with E-state index in [1.807, 2.05) is 47.4 Å². The predicted molar refractivity (Wildman–Crippen MR) is 116 cm³/mol. The lowest BCUT2D eigenvalue weighted by Crippen LogP contribution is -2.49. The molecule has 1 saturated heterocycles. The fourth-order valence-electron chi connectivity index (χ4n) is 3.93. The summed E-state index contributed by atoms with van der Waals surface area (Å²) in [5, 5.41) is 12.5. The summed E-state index contributed by atoms with van der Waals surface area (Å²) >= 11 is 0. The van der Waals surface area contributed by atoms with Crippen molar-refractivity contribution >= 4 is 16.5 Å². The fraction of sp³-hybridized carbons (Fsp3) is 0.333. The maximum atomic E-state index is 13.0. The van der Waals surface area contributed by atoms with Crippen LogP contribution in [-0.4, -0.2) is 55.4 Å². The average molecular weight is 430 g/mol. The zero-order valence-electron chi connectivity index (χ0n) is 17.1. The fourth-order valence-corrected chi connectivity index (χ4v) is 3.93. The molecule has 7 heteroatoms. The molecule has 1 aliphatic rings. The molecule has 4 rings (SSSR count). The van der Waals surface area contributed by atoms with E-state index < -0.39 is 17.8 Å². The van der Waals surface area contributed by atoms with Gasteiger partial charge in [-0.1, -0.05) is 42.5 Å². The number of halogens is 3. The van der Waals surface area contributed by atoms with Crippen LogP contribution in [0.4, 0.5) is 18.9 Å². The van der Waals surface area contributed by atoms with Crippen LogP contribution >= 0.6 is 0 Å². The molecular formula is C24H25F3N2O2. The molecule has 0 aromatic heterocycles. The normalized spacial score (nSPS) is 16.5. The van der Waals surface area contributed by atoms with Crippen LogP contribution in [0, 0.1) is 0 Å². The number of fused-ring (bicyclic) bond motifs is 1. The van der Waals surface area contributed by atoms with Crippen molar-refractivity contribution in [3.63, 3.8) is 0 Å². The topological polar surface area (TPSA) is 35.9 Å². The van der Waals surface area contributed by atoms with Crippen LogP contribution in [0.25, 0.3) is 10.8 Å². The number of piperazine rings is 1. The van der Waals surface area contributed by atoms with E-state index in [1.165, 1.54) is 12.1 Å². The summed E-state index contributed by atoms with van der Waals surface area (Å²) in [7, 11) is 0. The number of aliphatic hydroxyl groups excluding tert-OH is 1. The highest BCUT2D eigenvalue weighted by Gasteiger charge is 2.31. The van der Waals surface area contributed by atoms with Gasteiger partial charge in [-0.25, -0.2) is 0 Å². The Balaban J connectivity index is 1.28. The van der Waals surface area contributed by atoms with Gasteiger partial charge in [-0.05, 0) is 29.7 Å². The lowest BCUT2D eigenvalue weighted by Gasteiger charge is -2.37. The number of rotatable bonds is 6. The zero-order valence-corrected chi connectivity index (χ0v) is 17.1. The summed E-state index contributed by atoms with van der Waals surface area (Å²) in [4.78, 5) is 4.06. The minimum absolute atomic E-state index is 0.182. The number of ether oxygens (including phenoxy) is 1. The smallest absolute Gasteiger partial charge is 0.416 e. The lowest BCUT2D eigenvalue weighted by atomic mass is 10.1. The first-order valence-corrected chi connectivity index (χ1v) is 10.3. The Morgan fingerprint density at radius 3 is 2.39 bits per heavy atom. The lowest BCUT2D eigenvalue weighted by molar-refractivity contribution is -0.137. The van der Waals surface area contributed by atoms with E-state index >= 15 is 0 Å². The molecule has 1 heterocycles. The molecule has 0 aliphatic carbocycles. The molecule has 3 aromatic rings. The van der Waals surface area contributed by atoms with Gasteiger partial charge in [0.2, 0.25) is 0 Å². The van der Waals surface area contributed by atoms with Gasteiger partial charge in [0.05, 0.1) is 5.56 Å². The molecule has 0 saturated carbocycles. The van der Waals surface area contributed by atoms with Crippen molar-refractivity contribution in [1.29, 1.82) is 0 Å². The monoisotopic (exact) mass is 430 g/mol. The second-order valence-corrected chi connectivity index (χ2v) is 7.78. The number of anilines is 1. The zero-order chi connectivity index (χ0) is 21.8. The van der Waals surface area contributed by atoms with Gasteiger partial charge in [-0.3, -0.25) is 4.90 Å². The summed E-state index contributed by atoms with van der Waals surface area (Å²) in [6, 6.07) is 19.2. The second-order valence-electron chi connectivity index (χ2n) is 7.78. The standard InChI is InChI=1S/C24H25F3N2O2/c25-24(26,27)19-7-4-8-20(15-19)29-13-11-28(12-14-29)16-21(30)17-31-23-10-3-6-18-5-1-2-9-22(18)23/h1-10,15,21,30H,11-14,16-17H2. The summed E-state index contributed by atoms with van der Waals surface area (Å²) in [5.74, 6) is 0.742. The molecule has 1 aliphatic heterocycles. The Kier molecular flexibility index (Phi) is 6.34. The second kappa shape index (κ2) is 9.16. The maximum Gasteiger partial charge on any atom is 0.416 e. The molecule has 0 spiro atoms. The highest BCUT2D eigenvalue weighted by molar-refractivity contribution is 5.88. The summed E-state index contributed by atoms with van der Waals surface area (Å²) in [6.45, 7) is 3.20. The number of nitrogens with zero attached hydrogens (tertiary/aromatic N) is 2. The molecular weight excluding hydrogens is 405 g/mol. The van der Waals surface area contributed by atoms with E-state index in [0.29, 0.717) is 38.4 Å². The molecule has 31 heavy (non-hydrogen) atoms. The number of benzene rings is 3. The van der Waals surface area contributed by atoms with Crippen molar-refractivity contribution in [2.24, 2.45) is 0 Å². The van der Waals surface area contributed by atoms with Crippen molar-refractivity contribution in [3.8, 4) is 5.75 Å². The Morgan fingerprint density at radius 1 is 0.903 bits per heavy atom. The van der Waals surface area contributed by atoms with Crippen LogP contribution in [0.2, 0.25) is 0 Å². The minimum Gasteiger partial charge on any atom is -0.490 e. The number of hydrogen-bond donors (Lipinski definition) is 1. The van der Waals surface area contributed by atoms with Gasteiger partial charge in [-0.15, -0.1) is 0 Å². The first kappa shape index (κ1) is 21.5. The highest BCUT2D eigenvalue weighted by Crippen LogP contribution is 2.32. The van der Waals surface area contributed by atoms with Crippen LogP contribution in [0.3, 0.4) is 0 Å². The number of β-amino-alcohol motifs (C(OH)–C–C–N with tert-alkyl or cyclic N) is 1. The van der Waals surface area contributed by atoms with E-state index in [-0.39, 0.29) is 6.61 Å². The van der Waals surface area contributed by atoms with E-state index in [9.17, 15) is 18.3 Å². The third-order valence-electron chi connectivity index (χ3n) is 5.56. The maximum absolute atomic E-state index is 13.0. The summed E-state index contributed by atoms with van der Waals surface area (Å²) in [5.41, 5.74) is -0.0530. The predicted octanol–water partition coefficient (Wildman–Crippen LogP) is 4.42. The van der Waals surface area contributed by atoms with Crippen molar-refractivity contribution in [2.45, 2.75) is 12.3 Å². The quantitative estimate of drug-likeness (QED) is 0.628. The Hall–Kier alpha value is -2.77. The van der Waals surface area contributed by atoms with Crippen molar-refractivity contribution in [3.05, 3.63) is 72.3 Å². The Labute approximate surface area is 179 Å². The van der Waals surface area contributed by atoms with E-state index in [4.69, 9.17) is 4.74 Å². The van der Waals surface area contributed by atoms with Gasteiger partial charge in [-0.2, -0.15) is 13.2 Å². The van der Waals surface area contributed by atoms with Crippen molar-refractivity contribution in [1.82, 2.24) is 4.90 Å². The molecule has 1 fully saturated rings. The molecule has 1 atom stereocenters. The van der Waals surface area contributed by atoms with Crippen molar-refractivity contribution < 1.29 is 23.0 Å². The molecule has 4 nitrogen and oxygen atoms in total. The van der Waals surface area contributed by atoms with Crippen LogP contribution in [-0.2, 0) is 6.18 Å². The molecule has 1 N–H and O–H groups in total. The van der Waals surface area contributed by atoms with E-state index in [1.54, 1.807) is 6.07 Å². The largest absolute Gasteiger partial charge is 0.490 e. The highest BCUT2D eigenvalue weighted by atomic mass is 19.4. The van der Waals surface area contributed by atoms with E-state index in [0.717, 1.165) is 22.6 Å². The van der Waals surface area contributed by atoms with Gasteiger partial charge in [0.25, 0.3) is 0 Å². The first-order valence-electron chi connectivity index (χ1n) is 10.3. The van der Waals surface area contributed by atoms with Gasteiger partial charge in [0, 0.05) is 43.8 Å². The Bertz CT molecular complexity index is 1010. The number of hydrogen-bond acceptors (Lipinski definition) is 4. The van der Waals surface area contributed by atoms with Crippen LogP contribution in [0.5, 0.6) is 5.75 Å². The van der Waals surface area contributed by atoms with Gasteiger partial charge < -0.3 is 14.7 Å². The van der Waals surface area contributed by atoms with E-state index in [2.05, 4.69) is 4.90 Å². The van der Waals surface area contributed by atoms with Crippen molar-refractivity contribution in [2.75, 3.05) is 44.2 Å². The van der Waals surface area contributed by atoms with Crippen LogP contribution in [0.15, 0.2) is 66.7 Å². The molecule has 0 amide bonds. The van der Waals surface area contributed by atoms with Gasteiger partial charge in [0.1, 0.15) is 18.5 Å².